The number of amides is 2. The van der Waals surface area contributed by atoms with Gasteiger partial charge in [-0.05, 0) is 122 Å². The van der Waals surface area contributed by atoms with Crippen LogP contribution in [0.4, 0.5) is 0 Å². The van der Waals surface area contributed by atoms with Crippen LogP contribution in [0, 0.1) is 0 Å². The number of likely N-dealkylation sites (N-methyl/N-ethyl adjacent to an activating group) is 2. The quantitative estimate of drug-likeness (QED) is 0.0397. The van der Waals surface area contributed by atoms with Crippen LogP contribution in [0.3, 0.4) is 0 Å². The minimum absolute atomic E-state index is 0.117. The SMILES string of the molecule is CN1CCc2cccc3c2[C@H]1Cc1ccc(OCCCNC(=O)CCCCCCCCCCCCCCCCCCC(=O)NCCCOc2ccc4c(c2O)-c2cccc5c2[C@@H](C4)N(C)CC5)c(O)c1-3. The van der Waals surface area contributed by atoms with Gasteiger partial charge >= 0.3 is 0 Å². The van der Waals surface area contributed by atoms with Crippen molar-refractivity contribution in [1.29, 1.82) is 0 Å². The average molecular weight is 955 g/mol. The molecular formula is C60H82N4O6. The summed E-state index contributed by atoms with van der Waals surface area (Å²) < 4.78 is 12.1. The van der Waals surface area contributed by atoms with Gasteiger partial charge in [0.2, 0.25) is 11.8 Å². The number of phenols is 2. The second-order valence-corrected chi connectivity index (χ2v) is 20.8. The summed E-state index contributed by atoms with van der Waals surface area (Å²) >= 11 is 0. The molecule has 70 heavy (non-hydrogen) atoms. The molecule has 2 amide bonds. The Hall–Kier alpha value is -5.06. The number of nitrogens with zero attached hydrogens (tertiary/aromatic N) is 2. The molecule has 0 spiro atoms. The summed E-state index contributed by atoms with van der Waals surface area (Å²) in [6.45, 7) is 4.15. The smallest absolute Gasteiger partial charge is 0.219 e. The van der Waals surface area contributed by atoms with Crippen molar-refractivity contribution in [2.24, 2.45) is 0 Å². The first-order valence-corrected chi connectivity index (χ1v) is 27.4. The second-order valence-electron chi connectivity index (χ2n) is 20.8. The van der Waals surface area contributed by atoms with Gasteiger partial charge in [0.25, 0.3) is 0 Å². The van der Waals surface area contributed by atoms with Crippen LogP contribution in [0.2, 0.25) is 0 Å². The van der Waals surface area contributed by atoms with E-state index in [1.807, 2.05) is 12.1 Å². The zero-order chi connectivity index (χ0) is 48.7. The Kier molecular flexibility index (Phi) is 19.0. The van der Waals surface area contributed by atoms with Crippen LogP contribution in [0.1, 0.15) is 174 Å². The molecule has 0 unspecified atom stereocenters. The third kappa shape index (κ3) is 13.1. The molecule has 0 saturated carbocycles. The zero-order valence-electron chi connectivity index (χ0n) is 42.6. The van der Waals surface area contributed by atoms with Gasteiger partial charge in [-0.1, -0.05) is 138 Å². The minimum atomic E-state index is 0.117. The molecule has 0 radical (unpaired) electrons. The first-order valence-electron chi connectivity index (χ1n) is 27.4. The van der Waals surface area contributed by atoms with Crippen LogP contribution >= 0.6 is 0 Å². The highest BCUT2D eigenvalue weighted by Crippen LogP contribution is 2.52. The maximum atomic E-state index is 12.4. The lowest BCUT2D eigenvalue weighted by Crippen LogP contribution is -2.35. The molecule has 2 aliphatic carbocycles. The average Bonchev–Trinajstić information content (AvgIpc) is 3.36. The van der Waals surface area contributed by atoms with Crippen molar-refractivity contribution in [1.82, 2.24) is 20.4 Å². The van der Waals surface area contributed by atoms with E-state index < -0.39 is 0 Å². The van der Waals surface area contributed by atoms with Crippen molar-refractivity contribution in [2.45, 2.75) is 166 Å². The van der Waals surface area contributed by atoms with E-state index in [2.05, 4.69) is 83.1 Å². The Morgan fingerprint density at radius 3 is 1.26 bits per heavy atom. The number of carbonyl (C=O) groups excluding carboxylic acids is 2. The van der Waals surface area contributed by atoms with E-state index in [4.69, 9.17) is 9.47 Å². The topological polar surface area (TPSA) is 124 Å². The molecular weight excluding hydrogens is 873 g/mol. The van der Waals surface area contributed by atoms with Gasteiger partial charge in [0, 0.05) is 62.2 Å². The summed E-state index contributed by atoms with van der Waals surface area (Å²) in [6.07, 6.45) is 26.0. The lowest BCUT2D eigenvalue weighted by Gasteiger charge is -2.40. The maximum Gasteiger partial charge on any atom is 0.219 e. The van der Waals surface area contributed by atoms with E-state index in [1.165, 1.54) is 110 Å². The number of fused-ring (bicyclic) bond motifs is 4. The molecule has 4 N–H and O–H groups in total. The minimum Gasteiger partial charge on any atom is -0.504 e. The zero-order valence-corrected chi connectivity index (χ0v) is 42.6. The highest BCUT2D eigenvalue weighted by atomic mass is 16.5. The van der Waals surface area contributed by atoms with E-state index in [-0.39, 0.29) is 23.3 Å². The first kappa shape index (κ1) is 51.3. The van der Waals surface area contributed by atoms with Crippen molar-refractivity contribution < 1.29 is 29.3 Å². The van der Waals surface area contributed by atoms with E-state index in [1.54, 1.807) is 0 Å². The fraction of sp³-hybridized carbons (Fsp3) is 0.567. The van der Waals surface area contributed by atoms with Crippen molar-refractivity contribution in [2.75, 3.05) is 53.5 Å². The number of phenolic OH excluding ortho intramolecular Hbond substituents is 2. The van der Waals surface area contributed by atoms with Crippen molar-refractivity contribution >= 4 is 11.8 Å². The van der Waals surface area contributed by atoms with Gasteiger partial charge in [-0.3, -0.25) is 19.4 Å². The molecule has 4 aliphatic rings. The van der Waals surface area contributed by atoms with Crippen LogP contribution in [-0.2, 0) is 35.3 Å². The van der Waals surface area contributed by atoms with Crippen LogP contribution in [-0.4, -0.2) is 85.3 Å². The maximum absolute atomic E-state index is 12.4. The fourth-order valence-electron chi connectivity index (χ4n) is 11.8. The van der Waals surface area contributed by atoms with E-state index in [0.29, 0.717) is 75.6 Å². The molecule has 4 aromatic carbocycles. The van der Waals surface area contributed by atoms with Crippen molar-refractivity contribution in [3.05, 3.63) is 94.0 Å². The third-order valence-corrected chi connectivity index (χ3v) is 15.8. The van der Waals surface area contributed by atoms with Crippen LogP contribution in [0.25, 0.3) is 22.3 Å². The monoisotopic (exact) mass is 955 g/mol. The number of hydrogen-bond donors (Lipinski definition) is 4. The summed E-state index contributed by atoms with van der Waals surface area (Å²) in [5.74, 6) is 1.73. The van der Waals surface area contributed by atoms with Crippen LogP contribution < -0.4 is 20.1 Å². The molecule has 378 valence electrons. The summed E-state index contributed by atoms with van der Waals surface area (Å²) in [7, 11) is 4.39. The molecule has 2 aliphatic heterocycles. The lowest BCUT2D eigenvalue weighted by atomic mass is 9.77. The van der Waals surface area contributed by atoms with Gasteiger partial charge in [0.15, 0.2) is 23.0 Å². The number of nitrogens with one attached hydrogen (secondary N) is 2. The highest BCUT2D eigenvalue weighted by molar-refractivity contribution is 5.84. The number of hydrogen-bond acceptors (Lipinski definition) is 8. The van der Waals surface area contributed by atoms with Crippen molar-refractivity contribution in [3.63, 3.8) is 0 Å². The molecule has 0 aromatic heterocycles. The largest absolute Gasteiger partial charge is 0.504 e. The van der Waals surface area contributed by atoms with Crippen molar-refractivity contribution in [3.8, 4) is 45.3 Å². The summed E-state index contributed by atoms with van der Waals surface area (Å²) in [5.41, 5.74) is 11.9. The summed E-state index contributed by atoms with van der Waals surface area (Å²) in [6, 6.07) is 21.7. The highest BCUT2D eigenvalue weighted by Gasteiger charge is 2.36. The van der Waals surface area contributed by atoms with Crippen LogP contribution in [0.15, 0.2) is 60.7 Å². The molecule has 0 bridgehead atoms. The van der Waals surface area contributed by atoms with Gasteiger partial charge in [-0.25, -0.2) is 0 Å². The Morgan fingerprint density at radius 1 is 0.500 bits per heavy atom. The van der Waals surface area contributed by atoms with E-state index in [0.717, 1.165) is 86.7 Å². The number of unbranched alkanes of at least 4 members (excludes halogenated alkanes) is 15. The summed E-state index contributed by atoms with van der Waals surface area (Å²) in [4.78, 5) is 29.7. The standard InChI is InChI=1S/C60H82N4O6/c1-63-37-33-43-23-19-25-47-55(43)49(63)41-45-29-31-51(59(67)57(45)47)69-39-21-35-61-53(65)27-17-15-13-11-9-7-5-3-4-6-8-10-12-14-16-18-28-54(66)62-36-22-40-70-52-32-30-46-42-50-56-44(34-38-64(50)2)24-20-26-48(56)58(46)60(52)68/h19-20,23-26,29-32,49-50,67-68H,3-18,21-22,27-28,33-42H2,1-2H3,(H,61,65)(H,62,66)/t49-,50-/m1/s1. The van der Waals surface area contributed by atoms with E-state index >= 15 is 0 Å². The summed E-state index contributed by atoms with van der Waals surface area (Å²) in [5, 5.41) is 28.7. The number of ether oxygens (including phenoxy) is 2. The molecule has 2 heterocycles. The Morgan fingerprint density at radius 2 is 0.871 bits per heavy atom. The number of benzene rings is 4. The molecule has 0 saturated heterocycles. The molecule has 4 aromatic rings. The van der Waals surface area contributed by atoms with Gasteiger partial charge in [0.1, 0.15) is 0 Å². The van der Waals surface area contributed by atoms with Gasteiger partial charge < -0.3 is 30.3 Å². The molecule has 2 atom stereocenters. The lowest BCUT2D eigenvalue weighted by molar-refractivity contribution is -0.122. The fourth-order valence-corrected chi connectivity index (χ4v) is 11.8. The number of rotatable bonds is 29. The Labute approximate surface area is 418 Å². The van der Waals surface area contributed by atoms with Gasteiger partial charge in [-0.2, -0.15) is 0 Å². The van der Waals surface area contributed by atoms with Crippen LogP contribution in [0.5, 0.6) is 23.0 Å². The first-order chi connectivity index (χ1) is 34.3. The predicted octanol–water partition coefficient (Wildman–Crippen LogP) is 12.1. The Bertz CT molecular complexity index is 2200. The number of aromatic hydroxyl groups is 2. The normalized spacial score (nSPS) is 16.7. The van der Waals surface area contributed by atoms with Gasteiger partial charge in [-0.15, -0.1) is 0 Å². The predicted molar refractivity (Wildman–Crippen MR) is 282 cm³/mol. The molecule has 10 nitrogen and oxygen atoms in total. The molecule has 8 rings (SSSR count). The Balaban J connectivity index is 0.558. The second kappa shape index (κ2) is 25.9. The number of carbonyl (C=O) groups is 2. The van der Waals surface area contributed by atoms with Gasteiger partial charge in [0.05, 0.1) is 13.2 Å². The third-order valence-electron chi connectivity index (χ3n) is 15.8. The molecule has 10 heteroatoms. The molecule has 0 fully saturated rings. The van der Waals surface area contributed by atoms with E-state index in [9.17, 15) is 19.8 Å².